The molecular formula is C12H10N4O. The van der Waals surface area contributed by atoms with Crippen LogP contribution in [0.1, 0.15) is 0 Å². The number of anilines is 1. The average Bonchev–Trinajstić information content (AvgIpc) is 2.99. The van der Waals surface area contributed by atoms with Gasteiger partial charge in [0, 0.05) is 18.1 Å². The Bertz CT molecular complexity index is 628. The number of benzene rings is 1. The summed E-state index contributed by atoms with van der Waals surface area (Å²) in [5.74, 6) is 0.327. The maximum absolute atomic E-state index is 5.69. The fraction of sp³-hybridized carbons (Fsp3) is 0. The number of nitrogens with zero attached hydrogens (tertiary/aromatic N) is 3. The van der Waals surface area contributed by atoms with Crippen LogP contribution >= 0.6 is 0 Å². The molecule has 0 radical (unpaired) electrons. The molecule has 3 rings (SSSR count). The molecule has 84 valence electrons. The lowest BCUT2D eigenvalue weighted by Gasteiger charge is -2.04. The van der Waals surface area contributed by atoms with Crippen LogP contribution in [0.15, 0.2) is 53.7 Å². The van der Waals surface area contributed by atoms with Gasteiger partial charge in [-0.3, -0.25) is 0 Å². The Hall–Kier alpha value is -2.56. The van der Waals surface area contributed by atoms with Crippen LogP contribution in [0.4, 0.5) is 5.88 Å². The quantitative estimate of drug-likeness (QED) is 0.726. The highest BCUT2D eigenvalue weighted by Crippen LogP contribution is 2.26. The minimum atomic E-state index is 0.327. The topological polar surface area (TPSA) is 69.9 Å². The number of aromatic nitrogens is 3. The molecule has 5 nitrogen and oxygen atoms in total. The third-order valence-electron chi connectivity index (χ3n) is 2.56. The Labute approximate surface area is 97.5 Å². The molecule has 0 atom stereocenters. The van der Waals surface area contributed by atoms with Crippen LogP contribution in [0, 0.1) is 0 Å². The Morgan fingerprint density at radius 1 is 1.29 bits per heavy atom. The summed E-state index contributed by atoms with van der Waals surface area (Å²) in [5, 5.41) is 3.67. The maximum Gasteiger partial charge on any atom is 0.229 e. The Morgan fingerprint density at radius 3 is 2.94 bits per heavy atom. The molecule has 0 saturated heterocycles. The van der Waals surface area contributed by atoms with Crippen molar-refractivity contribution in [2.24, 2.45) is 0 Å². The second kappa shape index (κ2) is 3.79. The summed E-state index contributed by atoms with van der Waals surface area (Å²) in [5.41, 5.74) is 8.47. The van der Waals surface area contributed by atoms with Gasteiger partial charge in [-0.05, 0) is 17.7 Å². The van der Waals surface area contributed by atoms with Gasteiger partial charge in [0.25, 0.3) is 0 Å². The molecule has 1 aromatic carbocycles. The van der Waals surface area contributed by atoms with E-state index in [4.69, 9.17) is 10.3 Å². The van der Waals surface area contributed by atoms with Gasteiger partial charge in [0.15, 0.2) is 0 Å². The van der Waals surface area contributed by atoms with Crippen molar-refractivity contribution < 1.29 is 4.52 Å². The van der Waals surface area contributed by atoms with E-state index in [9.17, 15) is 0 Å². The Morgan fingerprint density at radius 2 is 2.24 bits per heavy atom. The maximum atomic E-state index is 5.69. The van der Waals surface area contributed by atoms with Crippen LogP contribution in [-0.2, 0) is 0 Å². The van der Waals surface area contributed by atoms with Crippen molar-refractivity contribution in [2.75, 3.05) is 5.73 Å². The van der Waals surface area contributed by atoms with Crippen LogP contribution in [0.2, 0.25) is 0 Å². The molecule has 2 heterocycles. The van der Waals surface area contributed by atoms with E-state index in [1.165, 1.54) is 0 Å². The summed E-state index contributed by atoms with van der Waals surface area (Å²) in [6.07, 6.45) is 6.98. The van der Waals surface area contributed by atoms with Crippen LogP contribution in [0.3, 0.4) is 0 Å². The Balaban J connectivity index is 2.09. The molecule has 0 unspecified atom stereocenters. The fourth-order valence-electron chi connectivity index (χ4n) is 1.71. The third kappa shape index (κ3) is 1.67. The van der Waals surface area contributed by atoms with Gasteiger partial charge in [0.1, 0.15) is 0 Å². The van der Waals surface area contributed by atoms with E-state index in [1.807, 2.05) is 35.0 Å². The molecule has 2 N–H and O–H groups in total. The van der Waals surface area contributed by atoms with Crippen LogP contribution in [-0.4, -0.2) is 14.7 Å². The summed E-state index contributed by atoms with van der Waals surface area (Å²) in [6.45, 7) is 0. The number of rotatable bonds is 2. The summed E-state index contributed by atoms with van der Waals surface area (Å²) < 4.78 is 6.78. The molecule has 0 fully saturated rings. The van der Waals surface area contributed by atoms with Crippen LogP contribution in [0.25, 0.3) is 16.8 Å². The second-order valence-corrected chi connectivity index (χ2v) is 3.62. The van der Waals surface area contributed by atoms with Gasteiger partial charge in [0.2, 0.25) is 5.88 Å². The van der Waals surface area contributed by atoms with E-state index in [-0.39, 0.29) is 0 Å². The molecule has 17 heavy (non-hydrogen) atoms. The first kappa shape index (κ1) is 9.65. The van der Waals surface area contributed by atoms with E-state index in [0.29, 0.717) is 5.88 Å². The van der Waals surface area contributed by atoms with Crippen molar-refractivity contribution in [2.45, 2.75) is 0 Å². The van der Waals surface area contributed by atoms with Gasteiger partial charge in [-0.25, -0.2) is 4.98 Å². The van der Waals surface area contributed by atoms with Crippen molar-refractivity contribution in [3.63, 3.8) is 0 Å². The average molecular weight is 226 g/mol. The highest BCUT2D eigenvalue weighted by molar-refractivity contribution is 5.73. The van der Waals surface area contributed by atoms with E-state index in [1.54, 1.807) is 18.7 Å². The molecule has 0 saturated carbocycles. The SMILES string of the molecule is Nc1oncc1-c1cccc(-n2ccnc2)c1. The number of nitrogen functional groups attached to an aromatic ring is 1. The summed E-state index contributed by atoms with van der Waals surface area (Å²) in [6, 6.07) is 7.92. The van der Waals surface area contributed by atoms with Gasteiger partial charge in [-0.2, -0.15) is 0 Å². The first-order valence-corrected chi connectivity index (χ1v) is 5.13. The largest absolute Gasteiger partial charge is 0.367 e. The van der Waals surface area contributed by atoms with Crippen LogP contribution < -0.4 is 5.73 Å². The molecule has 5 heteroatoms. The monoisotopic (exact) mass is 226 g/mol. The van der Waals surface area contributed by atoms with Gasteiger partial charge < -0.3 is 14.8 Å². The molecule has 0 bridgehead atoms. The molecular weight excluding hydrogens is 216 g/mol. The normalized spacial score (nSPS) is 10.6. The van der Waals surface area contributed by atoms with Crippen molar-refractivity contribution >= 4 is 5.88 Å². The van der Waals surface area contributed by atoms with Gasteiger partial charge in [-0.15, -0.1) is 0 Å². The van der Waals surface area contributed by atoms with E-state index in [0.717, 1.165) is 16.8 Å². The number of hydrogen-bond donors (Lipinski definition) is 1. The first-order valence-electron chi connectivity index (χ1n) is 5.13. The van der Waals surface area contributed by atoms with Crippen molar-refractivity contribution in [3.8, 4) is 16.8 Å². The lowest BCUT2D eigenvalue weighted by atomic mass is 10.1. The van der Waals surface area contributed by atoms with E-state index in [2.05, 4.69) is 10.1 Å². The van der Waals surface area contributed by atoms with Crippen molar-refractivity contribution in [1.29, 1.82) is 0 Å². The summed E-state index contributed by atoms with van der Waals surface area (Å²) >= 11 is 0. The summed E-state index contributed by atoms with van der Waals surface area (Å²) in [4.78, 5) is 4.02. The third-order valence-corrected chi connectivity index (χ3v) is 2.56. The summed E-state index contributed by atoms with van der Waals surface area (Å²) in [7, 11) is 0. The van der Waals surface area contributed by atoms with E-state index < -0.39 is 0 Å². The highest BCUT2D eigenvalue weighted by Gasteiger charge is 2.07. The number of nitrogens with two attached hydrogens (primary N) is 1. The number of imidazole rings is 1. The van der Waals surface area contributed by atoms with Crippen molar-refractivity contribution in [1.82, 2.24) is 14.7 Å². The molecule has 0 aliphatic rings. The highest BCUT2D eigenvalue weighted by atomic mass is 16.5. The molecule has 0 spiro atoms. The molecule has 0 aliphatic carbocycles. The minimum absolute atomic E-state index is 0.327. The molecule has 0 aliphatic heterocycles. The van der Waals surface area contributed by atoms with Crippen molar-refractivity contribution in [3.05, 3.63) is 49.2 Å². The standard InChI is InChI=1S/C12H10N4O/c13-12-11(7-15-17-12)9-2-1-3-10(6-9)16-5-4-14-8-16/h1-8H,13H2. The lowest BCUT2D eigenvalue weighted by molar-refractivity contribution is 0.436. The fourth-order valence-corrected chi connectivity index (χ4v) is 1.71. The van der Waals surface area contributed by atoms with Crippen LogP contribution in [0.5, 0.6) is 0 Å². The molecule has 3 aromatic rings. The minimum Gasteiger partial charge on any atom is -0.367 e. The molecule has 0 amide bonds. The Kier molecular flexibility index (Phi) is 2.15. The predicted molar refractivity (Wildman–Crippen MR) is 63.5 cm³/mol. The smallest absolute Gasteiger partial charge is 0.229 e. The zero-order valence-corrected chi connectivity index (χ0v) is 8.95. The zero-order chi connectivity index (χ0) is 11.7. The first-order chi connectivity index (χ1) is 8.34. The zero-order valence-electron chi connectivity index (χ0n) is 8.95. The predicted octanol–water partition coefficient (Wildman–Crippen LogP) is 2.11. The van der Waals surface area contributed by atoms with Gasteiger partial charge in [0.05, 0.1) is 18.1 Å². The lowest BCUT2D eigenvalue weighted by Crippen LogP contribution is -1.91. The van der Waals surface area contributed by atoms with E-state index >= 15 is 0 Å². The van der Waals surface area contributed by atoms with Gasteiger partial charge >= 0.3 is 0 Å². The number of hydrogen-bond acceptors (Lipinski definition) is 4. The molecule has 2 aromatic heterocycles. The second-order valence-electron chi connectivity index (χ2n) is 3.62. The van der Waals surface area contributed by atoms with Gasteiger partial charge in [-0.1, -0.05) is 17.3 Å².